The number of aromatic nitrogens is 2. The maximum absolute atomic E-state index is 8.88. The predicted molar refractivity (Wildman–Crippen MR) is 81.8 cm³/mol. The minimum absolute atomic E-state index is 0.0412. The molecule has 0 N–H and O–H groups in total. The highest BCUT2D eigenvalue weighted by Gasteiger charge is 2.41. The number of rotatable bonds is 3. The van der Waals surface area contributed by atoms with Crippen molar-refractivity contribution in [3.63, 3.8) is 0 Å². The molecule has 2 heterocycles. The predicted octanol–water partition coefficient (Wildman–Crippen LogP) is 3.95. The molecule has 0 saturated heterocycles. The summed E-state index contributed by atoms with van der Waals surface area (Å²) in [4.78, 5) is 9.59. The molecular formula is C17H25N3O. The topological polar surface area (TPSA) is 58.8 Å². The van der Waals surface area contributed by atoms with E-state index in [1.165, 1.54) is 0 Å². The first-order chi connectivity index (χ1) is 9.69. The molecule has 1 aromatic rings. The van der Waals surface area contributed by atoms with Crippen molar-refractivity contribution in [2.45, 2.75) is 77.9 Å². The zero-order valence-corrected chi connectivity index (χ0v) is 13.9. The molecule has 4 nitrogen and oxygen atoms in total. The van der Waals surface area contributed by atoms with Crippen molar-refractivity contribution in [3.8, 4) is 6.07 Å². The van der Waals surface area contributed by atoms with Gasteiger partial charge in [0.25, 0.3) is 0 Å². The lowest BCUT2D eigenvalue weighted by Crippen LogP contribution is -2.25. The van der Waals surface area contributed by atoms with Gasteiger partial charge in [-0.05, 0) is 13.3 Å². The lowest BCUT2D eigenvalue weighted by atomic mass is 9.85. The van der Waals surface area contributed by atoms with Crippen LogP contribution in [0.25, 0.3) is 0 Å². The van der Waals surface area contributed by atoms with E-state index in [9.17, 15) is 0 Å². The molecule has 0 aromatic carbocycles. The van der Waals surface area contributed by atoms with Gasteiger partial charge in [-0.3, -0.25) is 0 Å². The highest BCUT2D eigenvalue weighted by Crippen LogP contribution is 2.42. The van der Waals surface area contributed by atoms with Crippen molar-refractivity contribution < 1.29 is 4.74 Å². The minimum atomic E-state index is -0.461. The number of nitriles is 1. The summed E-state index contributed by atoms with van der Waals surface area (Å²) < 4.78 is 6.03. The average molecular weight is 287 g/mol. The van der Waals surface area contributed by atoms with Gasteiger partial charge < -0.3 is 4.74 Å². The second-order valence-electron chi connectivity index (χ2n) is 7.34. The maximum atomic E-state index is 8.88. The van der Waals surface area contributed by atoms with Crippen molar-refractivity contribution >= 4 is 0 Å². The zero-order valence-electron chi connectivity index (χ0n) is 13.9. The second kappa shape index (κ2) is 5.38. The lowest BCUT2D eigenvalue weighted by Gasteiger charge is -2.25. The number of hydrogen-bond donors (Lipinski definition) is 0. The molecule has 1 aliphatic heterocycles. The van der Waals surface area contributed by atoms with E-state index in [1.807, 2.05) is 6.92 Å². The SMILES string of the molecule is CC(C)c1nc(C(C)(C)C)c2c(n1)C(C)(CCC#N)OC2. The van der Waals surface area contributed by atoms with Gasteiger partial charge in [0.2, 0.25) is 0 Å². The summed E-state index contributed by atoms with van der Waals surface area (Å²) in [7, 11) is 0. The van der Waals surface area contributed by atoms with Crippen LogP contribution in [0.3, 0.4) is 0 Å². The Balaban J connectivity index is 2.60. The first-order valence-electron chi connectivity index (χ1n) is 7.61. The Hall–Kier alpha value is -1.47. The van der Waals surface area contributed by atoms with Crippen LogP contribution in [-0.4, -0.2) is 9.97 Å². The summed E-state index contributed by atoms with van der Waals surface area (Å²) in [5.41, 5.74) is 2.68. The Kier molecular flexibility index (Phi) is 4.08. The fourth-order valence-corrected chi connectivity index (χ4v) is 2.74. The molecule has 1 atom stereocenters. The molecule has 21 heavy (non-hydrogen) atoms. The summed E-state index contributed by atoms with van der Waals surface area (Å²) in [5, 5.41) is 8.88. The second-order valence-corrected chi connectivity index (χ2v) is 7.34. The van der Waals surface area contributed by atoms with Gasteiger partial charge in [0.15, 0.2) is 0 Å². The average Bonchev–Trinajstić information content (AvgIpc) is 2.72. The zero-order chi connectivity index (χ0) is 15.8. The molecule has 114 valence electrons. The van der Waals surface area contributed by atoms with Crippen LogP contribution in [0.4, 0.5) is 0 Å². The van der Waals surface area contributed by atoms with E-state index in [0.29, 0.717) is 19.4 Å². The largest absolute Gasteiger partial charge is 0.364 e. The first kappa shape index (κ1) is 15.9. The molecule has 2 rings (SSSR count). The third kappa shape index (κ3) is 2.94. The van der Waals surface area contributed by atoms with Gasteiger partial charge in [0.05, 0.1) is 24.1 Å². The molecule has 1 aromatic heterocycles. The van der Waals surface area contributed by atoms with E-state index in [0.717, 1.165) is 22.8 Å². The Morgan fingerprint density at radius 2 is 2.00 bits per heavy atom. The smallest absolute Gasteiger partial charge is 0.131 e. The molecule has 1 unspecified atom stereocenters. The van der Waals surface area contributed by atoms with Crippen LogP contribution in [0.15, 0.2) is 0 Å². The van der Waals surface area contributed by atoms with Gasteiger partial charge in [0, 0.05) is 23.3 Å². The number of fused-ring (bicyclic) bond motifs is 1. The Labute approximate surface area is 127 Å². The van der Waals surface area contributed by atoms with Gasteiger partial charge in [-0.15, -0.1) is 0 Å². The first-order valence-corrected chi connectivity index (χ1v) is 7.61. The summed E-state index contributed by atoms with van der Waals surface area (Å²) >= 11 is 0. The van der Waals surface area contributed by atoms with Crippen molar-refractivity contribution in [1.29, 1.82) is 5.26 Å². The fourth-order valence-electron chi connectivity index (χ4n) is 2.74. The summed E-state index contributed by atoms with van der Waals surface area (Å²) in [6.07, 6.45) is 1.15. The molecule has 0 aliphatic carbocycles. The van der Waals surface area contributed by atoms with Crippen molar-refractivity contribution in [2.24, 2.45) is 0 Å². The molecule has 1 aliphatic rings. The molecule has 0 radical (unpaired) electrons. The third-order valence-corrected chi connectivity index (χ3v) is 4.00. The Morgan fingerprint density at radius 1 is 1.33 bits per heavy atom. The Morgan fingerprint density at radius 3 is 2.52 bits per heavy atom. The number of hydrogen-bond acceptors (Lipinski definition) is 4. The molecule has 0 saturated carbocycles. The minimum Gasteiger partial charge on any atom is -0.364 e. The molecule has 0 amide bonds. The molecule has 0 spiro atoms. The van der Waals surface area contributed by atoms with E-state index in [2.05, 4.69) is 40.7 Å². The monoisotopic (exact) mass is 287 g/mol. The third-order valence-electron chi connectivity index (χ3n) is 4.00. The van der Waals surface area contributed by atoms with Crippen molar-refractivity contribution in [3.05, 3.63) is 22.8 Å². The van der Waals surface area contributed by atoms with E-state index < -0.39 is 5.60 Å². The van der Waals surface area contributed by atoms with Crippen LogP contribution < -0.4 is 0 Å². The van der Waals surface area contributed by atoms with Crippen LogP contribution in [0.5, 0.6) is 0 Å². The van der Waals surface area contributed by atoms with E-state index in [1.54, 1.807) is 0 Å². The standard InChI is InChI=1S/C17H25N3O/c1-11(2)15-19-13(16(3,4)5)12-10-21-17(6,8-7-9-18)14(12)20-15/h11H,7-8,10H2,1-6H3. The number of nitrogens with zero attached hydrogens (tertiary/aromatic N) is 3. The summed E-state index contributed by atoms with van der Waals surface area (Å²) in [5.74, 6) is 1.14. The van der Waals surface area contributed by atoms with Gasteiger partial charge in [-0.25, -0.2) is 9.97 Å². The molecule has 0 fully saturated rings. The molecule has 0 bridgehead atoms. The Bertz CT molecular complexity index is 581. The molecular weight excluding hydrogens is 262 g/mol. The van der Waals surface area contributed by atoms with Crippen LogP contribution >= 0.6 is 0 Å². The summed E-state index contributed by atoms with van der Waals surface area (Å²) in [6, 6.07) is 2.21. The van der Waals surface area contributed by atoms with Crippen molar-refractivity contribution in [2.75, 3.05) is 0 Å². The van der Waals surface area contributed by atoms with Gasteiger partial charge in [-0.2, -0.15) is 5.26 Å². The highest BCUT2D eigenvalue weighted by atomic mass is 16.5. The van der Waals surface area contributed by atoms with Gasteiger partial charge >= 0.3 is 0 Å². The van der Waals surface area contributed by atoms with Gasteiger partial charge in [-0.1, -0.05) is 34.6 Å². The quantitative estimate of drug-likeness (QED) is 0.844. The highest BCUT2D eigenvalue weighted by molar-refractivity contribution is 5.37. The number of ether oxygens (including phenoxy) is 1. The van der Waals surface area contributed by atoms with Crippen LogP contribution in [0.1, 0.15) is 83.1 Å². The lowest BCUT2D eigenvalue weighted by molar-refractivity contribution is -0.0309. The maximum Gasteiger partial charge on any atom is 0.131 e. The van der Waals surface area contributed by atoms with Crippen LogP contribution in [-0.2, 0) is 22.4 Å². The van der Waals surface area contributed by atoms with Crippen molar-refractivity contribution in [1.82, 2.24) is 9.97 Å². The van der Waals surface area contributed by atoms with E-state index in [-0.39, 0.29) is 11.3 Å². The van der Waals surface area contributed by atoms with E-state index >= 15 is 0 Å². The fraction of sp³-hybridized carbons (Fsp3) is 0.706. The normalized spacial score (nSPS) is 21.4. The summed E-state index contributed by atoms with van der Waals surface area (Å²) in [6.45, 7) is 13.3. The van der Waals surface area contributed by atoms with Gasteiger partial charge in [0.1, 0.15) is 11.4 Å². The molecule has 4 heteroatoms. The van der Waals surface area contributed by atoms with E-state index in [4.69, 9.17) is 20.0 Å². The van der Waals surface area contributed by atoms with Crippen LogP contribution in [0.2, 0.25) is 0 Å². The van der Waals surface area contributed by atoms with Crippen LogP contribution in [0, 0.1) is 11.3 Å².